The molecule has 0 unspecified atom stereocenters. The summed E-state index contributed by atoms with van der Waals surface area (Å²) in [5.41, 5.74) is 11.6. The number of nitrogens with zero attached hydrogens (tertiary/aromatic N) is 2. The summed E-state index contributed by atoms with van der Waals surface area (Å²) in [6.45, 7) is 6.48. The van der Waals surface area contributed by atoms with Crippen LogP contribution in [0.2, 0.25) is 0 Å². The molecule has 4 aromatic carbocycles. The van der Waals surface area contributed by atoms with Crippen LogP contribution in [0.3, 0.4) is 0 Å². The van der Waals surface area contributed by atoms with Crippen LogP contribution in [0.1, 0.15) is 44.9 Å². The molecule has 4 aromatic rings. The van der Waals surface area contributed by atoms with Gasteiger partial charge in [0.15, 0.2) is 7.14 Å². The Morgan fingerprint density at radius 3 is 1.73 bits per heavy atom. The molecule has 3 heterocycles. The van der Waals surface area contributed by atoms with Crippen LogP contribution >= 0.6 is 7.14 Å². The van der Waals surface area contributed by atoms with Gasteiger partial charge in [-0.25, -0.2) is 0 Å². The van der Waals surface area contributed by atoms with Crippen LogP contribution in [0.15, 0.2) is 72.8 Å². The molecule has 0 bridgehead atoms. The second kappa shape index (κ2) is 8.10. The van der Waals surface area contributed by atoms with Crippen molar-refractivity contribution >= 4 is 34.4 Å². The molecule has 3 aliphatic rings. The van der Waals surface area contributed by atoms with Crippen LogP contribution in [0.25, 0.3) is 0 Å². The Morgan fingerprint density at radius 2 is 1.22 bits per heavy atom. The van der Waals surface area contributed by atoms with Crippen LogP contribution in [0.5, 0.6) is 0 Å². The largest absolute Gasteiger partial charge is 0.374 e. The first-order valence-electron chi connectivity index (χ1n) is 13.4. The molecule has 0 aliphatic carbocycles. The number of fused-ring (bicyclic) bond motifs is 4. The van der Waals surface area contributed by atoms with Crippen molar-refractivity contribution in [3.05, 3.63) is 112 Å². The van der Waals surface area contributed by atoms with E-state index in [0.717, 1.165) is 41.8 Å². The molecule has 0 spiro atoms. The monoisotopic (exact) mass is 504 g/mol. The minimum atomic E-state index is -3.10. The molecule has 0 N–H and O–H groups in total. The predicted octanol–water partition coefficient (Wildman–Crippen LogP) is 5.42. The molecule has 0 aromatic heterocycles. The highest BCUT2D eigenvalue weighted by Crippen LogP contribution is 2.55. The van der Waals surface area contributed by atoms with Gasteiger partial charge in [0, 0.05) is 60.4 Å². The fraction of sp³-hybridized carbons (Fsp3) is 0.273. The first-order chi connectivity index (χ1) is 17.9. The van der Waals surface area contributed by atoms with Crippen LogP contribution in [0.4, 0.5) is 11.4 Å². The van der Waals surface area contributed by atoms with Crippen molar-refractivity contribution in [2.75, 3.05) is 37.0 Å². The summed E-state index contributed by atoms with van der Waals surface area (Å²) in [6.07, 6.45) is 2.08. The average molecular weight is 505 g/mol. The lowest BCUT2D eigenvalue weighted by Gasteiger charge is -2.37. The molecule has 3 aliphatic heterocycles. The van der Waals surface area contributed by atoms with Gasteiger partial charge < -0.3 is 14.4 Å². The molecule has 37 heavy (non-hydrogen) atoms. The standard InChI is InChI=1S/C33H33N2OP/c1-21-9-8-10-22(2)32(21)33-26-17-23-13-15-34(3)28(23)19-30(26)37(36,25-11-6-5-7-12-25)31-20-29-24(18-27(31)33)14-16-35(29)4/h5-12,17-20,33H,13-16H2,1-4H3. The molecule has 3 nitrogen and oxygen atoms in total. The molecule has 0 atom stereocenters. The predicted molar refractivity (Wildman–Crippen MR) is 157 cm³/mol. The molecular weight excluding hydrogens is 471 g/mol. The van der Waals surface area contributed by atoms with E-state index in [1.54, 1.807) is 0 Å². The van der Waals surface area contributed by atoms with Gasteiger partial charge in [-0.1, -0.05) is 60.7 Å². The second-order valence-corrected chi connectivity index (χ2v) is 13.8. The minimum absolute atomic E-state index is 0.0735. The Bertz CT molecular complexity index is 1530. The third-order valence-corrected chi connectivity index (χ3v) is 12.1. The van der Waals surface area contributed by atoms with Gasteiger partial charge in [0.05, 0.1) is 0 Å². The van der Waals surface area contributed by atoms with Gasteiger partial charge in [0.1, 0.15) is 0 Å². The second-order valence-electron chi connectivity index (χ2n) is 11.1. The van der Waals surface area contributed by atoms with Crippen molar-refractivity contribution in [3.63, 3.8) is 0 Å². The van der Waals surface area contributed by atoms with E-state index in [4.69, 9.17) is 0 Å². The maximum Gasteiger partial charge on any atom is 0.171 e. The number of aryl methyl sites for hydroxylation is 2. The molecular formula is C33H33N2OP. The average Bonchev–Trinajstić information content (AvgIpc) is 3.46. The number of likely N-dealkylation sites (N-methyl/N-ethyl adjacent to an activating group) is 2. The van der Waals surface area contributed by atoms with Gasteiger partial charge in [-0.2, -0.15) is 0 Å². The summed E-state index contributed by atoms with van der Waals surface area (Å²) in [5.74, 6) is 0.0735. The summed E-state index contributed by atoms with van der Waals surface area (Å²) in [7, 11) is 1.22. The van der Waals surface area contributed by atoms with Crippen LogP contribution in [-0.4, -0.2) is 27.2 Å². The van der Waals surface area contributed by atoms with Gasteiger partial charge >= 0.3 is 0 Å². The number of benzene rings is 4. The molecule has 186 valence electrons. The summed E-state index contributed by atoms with van der Waals surface area (Å²) in [5, 5.41) is 2.97. The Kier molecular flexibility index (Phi) is 5.01. The minimum Gasteiger partial charge on any atom is -0.374 e. The van der Waals surface area contributed by atoms with Crippen molar-refractivity contribution in [2.24, 2.45) is 0 Å². The molecule has 4 heteroatoms. The lowest BCUT2D eigenvalue weighted by Crippen LogP contribution is -2.37. The first-order valence-corrected chi connectivity index (χ1v) is 15.1. The number of anilines is 2. The highest BCUT2D eigenvalue weighted by Gasteiger charge is 2.44. The highest BCUT2D eigenvalue weighted by atomic mass is 31.2. The first kappa shape index (κ1) is 22.9. The molecule has 0 fully saturated rings. The maximum atomic E-state index is 15.8. The maximum absolute atomic E-state index is 15.8. The van der Waals surface area contributed by atoms with E-state index in [0.29, 0.717) is 0 Å². The zero-order valence-corrected chi connectivity index (χ0v) is 23.0. The van der Waals surface area contributed by atoms with Crippen molar-refractivity contribution in [1.29, 1.82) is 0 Å². The van der Waals surface area contributed by atoms with Crippen LogP contribution in [0, 0.1) is 13.8 Å². The van der Waals surface area contributed by atoms with E-state index in [1.807, 2.05) is 18.2 Å². The molecule has 0 saturated heterocycles. The summed E-state index contributed by atoms with van der Waals surface area (Å²) in [6, 6.07) is 26.2. The van der Waals surface area contributed by atoms with E-state index >= 15 is 4.57 Å². The topological polar surface area (TPSA) is 23.6 Å². The van der Waals surface area contributed by atoms with Crippen molar-refractivity contribution in [1.82, 2.24) is 0 Å². The van der Waals surface area contributed by atoms with Crippen LogP contribution in [-0.2, 0) is 17.4 Å². The fourth-order valence-corrected chi connectivity index (χ4v) is 10.2. The summed E-state index contributed by atoms with van der Waals surface area (Å²) in [4.78, 5) is 4.65. The quantitative estimate of drug-likeness (QED) is 0.300. The molecule has 0 saturated carbocycles. The fourth-order valence-electron chi connectivity index (χ4n) is 7.03. The SMILES string of the molecule is Cc1cccc(C)c1C1c2cc3c(cc2P(=O)(c2ccccc2)c2cc4c(cc21)CCN4C)N(C)CC3. The number of hydrogen-bond acceptors (Lipinski definition) is 3. The summed E-state index contributed by atoms with van der Waals surface area (Å²) >= 11 is 0. The third-order valence-electron chi connectivity index (χ3n) is 8.96. The van der Waals surface area contributed by atoms with E-state index in [2.05, 4.69) is 92.3 Å². The smallest absolute Gasteiger partial charge is 0.171 e. The third kappa shape index (κ3) is 3.17. The van der Waals surface area contributed by atoms with Gasteiger partial charge in [-0.3, -0.25) is 0 Å². The summed E-state index contributed by atoms with van der Waals surface area (Å²) < 4.78 is 15.8. The normalized spacial score (nSPS) is 21.5. The number of rotatable bonds is 2. The van der Waals surface area contributed by atoms with E-state index in [9.17, 15) is 0 Å². The van der Waals surface area contributed by atoms with Crippen LogP contribution < -0.4 is 25.7 Å². The lowest BCUT2D eigenvalue weighted by atomic mass is 9.79. The molecule has 0 amide bonds. The van der Waals surface area contributed by atoms with Gasteiger partial charge in [-0.05, 0) is 77.8 Å². The zero-order chi connectivity index (χ0) is 25.5. The van der Waals surface area contributed by atoms with Crippen molar-refractivity contribution in [2.45, 2.75) is 32.6 Å². The van der Waals surface area contributed by atoms with E-state index in [1.165, 1.54) is 50.3 Å². The van der Waals surface area contributed by atoms with Gasteiger partial charge in [-0.15, -0.1) is 0 Å². The number of hydrogen-bond donors (Lipinski definition) is 0. The zero-order valence-electron chi connectivity index (χ0n) is 22.1. The van der Waals surface area contributed by atoms with E-state index < -0.39 is 7.14 Å². The lowest BCUT2D eigenvalue weighted by molar-refractivity contribution is 0.591. The Labute approximate surface area is 220 Å². The Hall–Kier alpha value is -3.29. The Balaban J connectivity index is 1.64. The molecule has 7 rings (SSSR count). The Morgan fingerprint density at radius 1 is 0.703 bits per heavy atom. The van der Waals surface area contributed by atoms with Gasteiger partial charge in [0.25, 0.3) is 0 Å². The van der Waals surface area contributed by atoms with E-state index in [-0.39, 0.29) is 5.92 Å². The van der Waals surface area contributed by atoms with Gasteiger partial charge in [0.2, 0.25) is 0 Å². The molecule has 0 radical (unpaired) electrons. The highest BCUT2D eigenvalue weighted by molar-refractivity contribution is 7.85. The van der Waals surface area contributed by atoms with Crippen molar-refractivity contribution < 1.29 is 4.57 Å². The van der Waals surface area contributed by atoms with Crippen molar-refractivity contribution in [3.8, 4) is 0 Å².